The lowest BCUT2D eigenvalue weighted by Crippen LogP contribution is -2.50. The van der Waals surface area contributed by atoms with Crippen LogP contribution in [-0.4, -0.2) is 108 Å². The van der Waals surface area contributed by atoms with E-state index in [1.165, 1.54) is 0 Å². The van der Waals surface area contributed by atoms with Crippen molar-refractivity contribution in [3.05, 3.63) is 58.6 Å². The number of hydrogen-bond acceptors (Lipinski definition) is 6. The molecule has 4 heterocycles. The van der Waals surface area contributed by atoms with E-state index in [1.54, 1.807) is 11.8 Å². The summed E-state index contributed by atoms with van der Waals surface area (Å²) in [5.41, 5.74) is 4.17. The average molecular weight is 681 g/mol. The molecule has 1 N–H and O–H groups in total. The number of rotatable bonds is 7. The average Bonchev–Trinajstić information content (AvgIpc) is 3.23. The van der Waals surface area contributed by atoms with Crippen LogP contribution >= 0.6 is 23.4 Å². The molecule has 4 aliphatic heterocycles. The van der Waals surface area contributed by atoms with E-state index in [1.807, 2.05) is 45.0 Å². The summed E-state index contributed by atoms with van der Waals surface area (Å²) < 4.78 is 0. The number of benzene rings is 2. The largest absolute Gasteiger partial charge is 0.369 e. The second kappa shape index (κ2) is 14.3. The monoisotopic (exact) mass is 680 g/mol. The van der Waals surface area contributed by atoms with Crippen molar-refractivity contribution in [2.75, 3.05) is 69.6 Å². The van der Waals surface area contributed by atoms with E-state index in [0.717, 1.165) is 74.4 Å². The Morgan fingerprint density at radius 1 is 0.957 bits per heavy atom. The number of halogens is 1. The highest BCUT2D eigenvalue weighted by atomic mass is 35.5. The number of hydrogen-bond donors (Lipinski definition) is 1. The van der Waals surface area contributed by atoms with Gasteiger partial charge in [-0.25, -0.2) is 4.79 Å². The third-order valence-electron chi connectivity index (χ3n) is 10.1. The number of urea groups is 1. The van der Waals surface area contributed by atoms with Crippen molar-refractivity contribution < 1.29 is 14.4 Å². The van der Waals surface area contributed by atoms with Gasteiger partial charge in [0.1, 0.15) is 5.37 Å². The van der Waals surface area contributed by atoms with Gasteiger partial charge in [0.15, 0.2) is 0 Å². The number of nitrogens with one attached hydrogen (secondary N) is 1. The third kappa shape index (κ3) is 7.70. The second-order valence-electron chi connectivity index (χ2n) is 14.6. The van der Waals surface area contributed by atoms with Crippen LogP contribution in [0.4, 0.5) is 16.2 Å². The minimum Gasteiger partial charge on any atom is -0.369 e. The molecule has 4 aliphatic rings. The quantitative estimate of drug-likeness (QED) is 0.390. The lowest BCUT2D eigenvalue weighted by molar-refractivity contribution is -0.137. The zero-order chi connectivity index (χ0) is 33.3. The highest BCUT2D eigenvalue weighted by molar-refractivity contribution is 8.01. The summed E-state index contributed by atoms with van der Waals surface area (Å²) in [7, 11) is 2.14. The first-order valence-electron chi connectivity index (χ1n) is 17.1. The van der Waals surface area contributed by atoms with Crippen LogP contribution in [-0.2, 0) is 16.0 Å². The van der Waals surface area contributed by atoms with Gasteiger partial charge in [-0.2, -0.15) is 0 Å². The number of nitrogens with zero attached hydrogens (tertiary/aromatic N) is 5. The molecule has 0 aromatic heterocycles. The molecule has 0 spiro atoms. The Bertz CT molecular complexity index is 1470. The smallest absolute Gasteiger partial charge is 0.322 e. The number of para-hydroxylation sites is 1. The number of amides is 4. The molecule has 254 valence electrons. The molecular weight excluding hydrogens is 632 g/mol. The van der Waals surface area contributed by atoms with Gasteiger partial charge in [-0.05, 0) is 61.9 Å². The first-order valence-corrected chi connectivity index (χ1v) is 18.4. The Balaban J connectivity index is 1.13. The van der Waals surface area contributed by atoms with Gasteiger partial charge in [0, 0.05) is 86.8 Å². The lowest BCUT2D eigenvalue weighted by Gasteiger charge is -2.38. The van der Waals surface area contributed by atoms with Crippen LogP contribution in [0, 0.1) is 5.41 Å². The molecular formula is C36H49ClN6O3S. The van der Waals surface area contributed by atoms with Crippen LogP contribution in [0.15, 0.2) is 42.5 Å². The van der Waals surface area contributed by atoms with E-state index in [-0.39, 0.29) is 41.1 Å². The highest BCUT2D eigenvalue weighted by Gasteiger charge is 2.45. The summed E-state index contributed by atoms with van der Waals surface area (Å²) in [6.45, 7) is 12.8. The van der Waals surface area contributed by atoms with Crippen molar-refractivity contribution in [1.82, 2.24) is 19.6 Å². The Morgan fingerprint density at radius 3 is 2.40 bits per heavy atom. The first-order chi connectivity index (χ1) is 22.5. The lowest BCUT2D eigenvalue weighted by atomic mass is 9.92. The maximum absolute atomic E-state index is 14.1. The Hall–Kier alpha value is -2.95. The summed E-state index contributed by atoms with van der Waals surface area (Å²) in [5.74, 6) is 0.0365. The fraction of sp³-hybridized carbons (Fsp3) is 0.583. The molecule has 11 heteroatoms. The predicted octanol–water partition coefficient (Wildman–Crippen LogP) is 5.94. The zero-order valence-corrected chi connectivity index (χ0v) is 29.8. The van der Waals surface area contributed by atoms with Crippen LogP contribution in [0.1, 0.15) is 63.0 Å². The van der Waals surface area contributed by atoms with Gasteiger partial charge >= 0.3 is 6.03 Å². The Labute approximate surface area is 288 Å². The molecule has 6 rings (SSSR count). The molecule has 4 amide bonds. The number of carbonyl (C=O) groups is 3. The molecule has 47 heavy (non-hydrogen) atoms. The van der Waals surface area contributed by atoms with Crippen molar-refractivity contribution in [2.24, 2.45) is 5.41 Å². The SMILES string of the molecule is CN1CCN(c2cccc(Cl)c2C2SC(CC(=O)N3CCC(N4CCc5ccccc5NC4=O)CC3)C(=O)N2CCC(C)(C)C)CC1. The molecule has 3 saturated heterocycles. The van der Waals surface area contributed by atoms with Crippen LogP contribution < -0.4 is 10.2 Å². The normalized spacial score (nSPS) is 23.2. The van der Waals surface area contributed by atoms with Gasteiger partial charge < -0.3 is 29.8 Å². The van der Waals surface area contributed by atoms with E-state index in [0.29, 0.717) is 31.2 Å². The Kier molecular flexibility index (Phi) is 10.3. The van der Waals surface area contributed by atoms with Gasteiger partial charge in [-0.1, -0.05) is 56.6 Å². The van der Waals surface area contributed by atoms with Gasteiger partial charge in [0.2, 0.25) is 11.8 Å². The molecule has 2 aromatic carbocycles. The topological polar surface area (TPSA) is 79.4 Å². The molecule has 3 fully saturated rings. The van der Waals surface area contributed by atoms with E-state index in [4.69, 9.17) is 11.6 Å². The molecule has 0 aliphatic carbocycles. The van der Waals surface area contributed by atoms with E-state index in [2.05, 4.69) is 55.1 Å². The van der Waals surface area contributed by atoms with Crippen molar-refractivity contribution in [3.63, 3.8) is 0 Å². The summed E-state index contributed by atoms with van der Waals surface area (Å²) in [6.07, 6.45) is 3.30. The van der Waals surface area contributed by atoms with Gasteiger partial charge in [-0.3, -0.25) is 9.59 Å². The number of carbonyl (C=O) groups excluding carboxylic acids is 3. The number of piperidine rings is 1. The standard InChI is InChI=1S/C36H49ClN6O3S/c1-36(2,3)15-19-43-33(45)30(47-34(43)32-27(37)9-7-11-29(32)40-22-20-39(4)21-23-40)24-31(44)41-16-13-26(14-17-41)42-18-12-25-8-5-6-10-28(25)38-35(42)46/h5-11,26,30,34H,12-24H2,1-4H3,(H,38,46). The van der Waals surface area contributed by atoms with Crippen LogP contribution in [0.25, 0.3) is 0 Å². The van der Waals surface area contributed by atoms with E-state index >= 15 is 0 Å². The summed E-state index contributed by atoms with van der Waals surface area (Å²) in [5, 5.41) is 3.04. The molecule has 9 nitrogen and oxygen atoms in total. The number of thioether (sulfide) groups is 1. The minimum absolute atomic E-state index is 0.0110. The minimum atomic E-state index is -0.461. The Morgan fingerprint density at radius 2 is 1.68 bits per heavy atom. The van der Waals surface area contributed by atoms with Crippen molar-refractivity contribution in [1.29, 1.82) is 0 Å². The second-order valence-corrected chi connectivity index (χ2v) is 16.3. The molecule has 0 saturated carbocycles. The van der Waals surface area contributed by atoms with Crippen LogP contribution in [0.2, 0.25) is 5.02 Å². The van der Waals surface area contributed by atoms with Gasteiger partial charge in [0.05, 0.1) is 5.25 Å². The molecule has 0 bridgehead atoms. The number of likely N-dealkylation sites (tertiary alicyclic amines) is 1. The zero-order valence-electron chi connectivity index (χ0n) is 28.2. The van der Waals surface area contributed by atoms with Crippen molar-refractivity contribution in [2.45, 2.75) is 69.5 Å². The fourth-order valence-corrected chi connectivity index (χ4v) is 9.06. The third-order valence-corrected chi connectivity index (χ3v) is 11.9. The maximum atomic E-state index is 14.1. The van der Waals surface area contributed by atoms with Crippen molar-refractivity contribution >= 4 is 52.6 Å². The number of likely N-dealkylation sites (N-methyl/N-ethyl adjacent to an activating group) is 1. The summed E-state index contributed by atoms with van der Waals surface area (Å²) in [4.78, 5) is 51.5. The number of anilines is 2. The van der Waals surface area contributed by atoms with E-state index in [9.17, 15) is 14.4 Å². The number of fused-ring (bicyclic) bond motifs is 1. The molecule has 2 atom stereocenters. The maximum Gasteiger partial charge on any atom is 0.322 e. The molecule has 2 unspecified atom stereocenters. The van der Waals surface area contributed by atoms with Gasteiger partial charge in [0.25, 0.3) is 0 Å². The van der Waals surface area contributed by atoms with E-state index < -0.39 is 5.25 Å². The van der Waals surface area contributed by atoms with Crippen LogP contribution in [0.3, 0.4) is 0 Å². The summed E-state index contributed by atoms with van der Waals surface area (Å²) >= 11 is 8.55. The molecule has 2 aromatic rings. The van der Waals surface area contributed by atoms with Crippen LogP contribution in [0.5, 0.6) is 0 Å². The highest BCUT2D eigenvalue weighted by Crippen LogP contribution is 2.50. The summed E-state index contributed by atoms with van der Waals surface area (Å²) in [6, 6.07) is 14.0. The van der Waals surface area contributed by atoms with Gasteiger partial charge in [-0.15, -0.1) is 11.8 Å². The fourth-order valence-electron chi connectivity index (χ4n) is 7.18. The van der Waals surface area contributed by atoms with Crippen molar-refractivity contribution in [3.8, 4) is 0 Å². The predicted molar refractivity (Wildman–Crippen MR) is 191 cm³/mol. The number of piperazine rings is 1. The molecule has 0 radical (unpaired) electrons. The first kappa shape index (κ1) is 33.9.